The van der Waals surface area contributed by atoms with E-state index in [2.05, 4.69) is 52.7 Å². The number of guanidine groups is 1. The number of carbonyl (C=O) groups excluding carboxylic acids is 1. The number of piperidine rings is 1. The summed E-state index contributed by atoms with van der Waals surface area (Å²) in [5, 5.41) is 13.5. The monoisotopic (exact) mass is 448 g/mol. The molecule has 9 nitrogen and oxygen atoms in total. The van der Waals surface area contributed by atoms with Crippen molar-refractivity contribution in [1.29, 1.82) is 0 Å². The van der Waals surface area contributed by atoms with Gasteiger partial charge in [-0.15, -0.1) is 10.0 Å². The summed E-state index contributed by atoms with van der Waals surface area (Å²) < 4.78 is 5.76. The highest BCUT2D eigenvalue weighted by molar-refractivity contribution is 6.30. The molecule has 172 valence electrons. The topological polar surface area (TPSA) is 90.7 Å². The van der Waals surface area contributed by atoms with Crippen LogP contribution in [0.4, 0.5) is 10.5 Å². The molecule has 1 aromatic carbocycles. The highest BCUT2D eigenvalue weighted by Gasteiger charge is 2.52. The van der Waals surface area contributed by atoms with Crippen LogP contribution in [0.2, 0.25) is 0 Å². The predicted molar refractivity (Wildman–Crippen MR) is 127 cm³/mol. The first-order valence-corrected chi connectivity index (χ1v) is 11.8. The molecule has 2 N–H and O–H groups in total. The van der Waals surface area contributed by atoms with Gasteiger partial charge in [0.15, 0.2) is 6.20 Å². The molecular formula is C24H30N7O2+. The molecule has 0 aromatic heterocycles. The Morgan fingerprint density at radius 3 is 2.85 bits per heavy atom. The summed E-state index contributed by atoms with van der Waals surface area (Å²) in [4.78, 5) is 20.7. The van der Waals surface area contributed by atoms with Gasteiger partial charge in [0.1, 0.15) is 11.8 Å². The number of amides is 1. The van der Waals surface area contributed by atoms with Crippen molar-refractivity contribution in [3.63, 3.8) is 0 Å². The summed E-state index contributed by atoms with van der Waals surface area (Å²) in [5.41, 5.74) is 3.68. The molecule has 1 amide bonds. The van der Waals surface area contributed by atoms with Crippen molar-refractivity contribution in [2.24, 2.45) is 15.1 Å². The Hall–Kier alpha value is -3.04. The maximum absolute atomic E-state index is 11.6. The van der Waals surface area contributed by atoms with Gasteiger partial charge in [-0.25, -0.2) is 4.79 Å². The molecule has 1 aliphatic carbocycles. The number of rotatable bonds is 2. The van der Waals surface area contributed by atoms with Crippen LogP contribution in [0.5, 0.6) is 0 Å². The first-order chi connectivity index (χ1) is 15.9. The number of fused-ring (bicyclic) bond motifs is 2. The zero-order valence-corrected chi connectivity index (χ0v) is 19.2. The van der Waals surface area contributed by atoms with E-state index >= 15 is 0 Å². The smallest absolute Gasteiger partial charge is 0.407 e. The number of ether oxygens (including phenoxy) is 1. The van der Waals surface area contributed by atoms with Crippen molar-refractivity contribution < 1.29 is 14.2 Å². The van der Waals surface area contributed by atoms with Gasteiger partial charge < -0.3 is 15.4 Å². The maximum Gasteiger partial charge on any atom is 0.407 e. The summed E-state index contributed by atoms with van der Waals surface area (Å²) >= 11 is 0. The molecule has 0 radical (unpaired) electrons. The SMILES string of the molecule is CC1(C)CCCc2cc(NC3=N[N+]4(N5CCC6(CC5)CNC(=O)O6)C=CN=CC4=N3)ccc21. The molecule has 1 spiro atoms. The van der Waals surface area contributed by atoms with Crippen molar-refractivity contribution >= 4 is 29.8 Å². The minimum Gasteiger partial charge on any atom is -0.441 e. The second-order valence-electron chi connectivity index (χ2n) is 10.2. The number of nitrogens with one attached hydrogen (secondary N) is 2. The third-order valence-corrected chi connectivity index (χ3v) is 7.64. The van der Waals surface area contributed by atoms with Crippen LogP contribution in [0, 0.1) is 0 Å². The first kappa shape index (κ1) is 20.6. The van der Waals surface area contributed by atoms with Crippen LogP contribution in [-0.4, -0.2) is 59.0 Å². The molecule has 5 aliphatic rings. The minimum absolute atomic E-state index is 0.168. The number of aliphatic imine (C=N–C) groups is 2. The second-order valence-corrected chi connectivity index (χ2v) is 10.2. The lowest BCUT2D eigenvalue weighted by Crippen LogP contribution is -2.61. The van der Waals surface area contributed by atoms with E-state index in [-0.39, 0.29) is 16.2 Å². The van der Waals surface area contributed by atoms with E-state index < -0.39 is 5.60 Å². The fourth-order valence-corrected chi connectivity index (χ4v) is 5.73. The lowest BCUT2D eigenvalue weighted by molar-refractivity contribution is -0.919. The van der Waals surface area contributed by atoms with Crippen LogP contribution in [0.1, 0.15) is 50.7 Å². The molecule has 2 saturated heterocycles. The quantitative estimate of drug-likeness (QED) is 0.680. The van der Waals surface area contributed by atoms with E-state index in [0.29, 0.717) is 12.5 Å². The van der Waals surface area contributed by atoms with Gasteiger partial charge in [0.2, 0.25) is 0 Å². The Morgan fingerprint density at radius 1 is 1.21 bits per heavy atom. The molecule has 1 aromatic rings. The molecule has 0 saturated carbocycles. The van der Waals surface area contributed by atoms with Crippen LogP contribution >= 0.6 is 0 Å². The molecule has 33 heavy (non-hydrogen) atoms. The Kier molecular flexibility index (Phi) is 4.50. The zero-order valence-electron chi connectivity index (χ0n) is 19.2. The van der Waals surface area contributed by atoms with Gasteiger partial charge in [0.25, 0.3) is 5.96 Å². The molecule has 6 rings (SSSR count). The summed E-state index contributed by atoms with van der Waals surface area (Å²) in [6.45, 7) is 6.69. The maximum atomic E-state index is 11.6. The number of hydrogen-bond acceptors (Lipinski definition) is 7. The number of hydrogen-bond donors (Lipinski definition) is 2. The van der Waals surface area contributed by atoms with Crippen LogP contribution in [0.15, 0.2) is 45.7 Å². The van der Waals surface area contributed by atoms with E-state index in [1.807, 2.05) is 6.20 Å². The lowest BCUT2D eigenvalue weighted by atomic mass is 9.73. The van der Waals surface area contributed by atoms with Gasteiger partial charge in [-0.3, -0.25) is 4.99 Å². The van der Waals surface area contributed by atoms with Crippen molar-refractivity contribution in [3.05, 3.63) is 41.7 Å². The van der Waals surface area contributed by atoms with Gasteiger partial charge in [0.05, 0.1) is 25.8 Å². The number of amidine groups is 1. The van der Waals surface area contributed by atoms with E-state index in [1.165, 1.54) is 24.0 Å². The number of carbonyl (C=O) groups is 1. The van der Waals surface area contributed by atoms with Crippen molar-refractivity contribution in [2.75, 3.05) is 25.0 Å². The fraction of sp³-hybridized carbons (Fsp3) is 0.500. The van der Waals surface area contributed by atoms with Crippen molar-refractivity contribution in [1.82, 2.24) is 10.3 Å². The summed E-state index contributed by atoms with van der Waals surface area (Å²) in [6.07, 6.45) is 10.2. The number of benzene rings is 1. The highest BCUT2D eigenvalue weighted by Crippen LogP contribution is 2.38. The average molecular weight is 449 g/mol. The molecule has 9 heteroatoms. The predicted octanol–water partition coefficient (Wildman–Crippen LogP) is 3.26. The van der Waals surface area contributed by atoms with Gasteiger partial charge in [-0.2, -0.15) is 0 Å². The van der Waals surface area contributed by atoms with Gasteiger partial charge in [0, 0.05) is 18.5 Å². The number of nitrogens with zero attached hydrogens (tertiary/aromatic N) is 5. The molecular weight excluding hydrogens is 418 g/mol. The van der Waals surface area contributed by atoms with Gasteiger partial charge in [-0.05, 0) is 57.7 Å². The summed E-state index contributed by atoms with van der Waals surface area (Å²) in [6, 6.07) is 6.63. The molecule has 1 unspecified atom stereocenters. The van der Waals surface area contributed by atoms with Gasteiger partial charge in [-0.1, -0.05) is 19.9 Å². The fourth-order valence-electron chi connectivity index (χ4n) is 5.73. The van der Waals surface area contributed by atoms with Crippen molar-refractivity contribution in [2.45, 2.75) is 57.0 Å². The highest BCUT2D eigenvalue weighted by atomic mass is 16.6. The van der Waals surface area contributed by atoms with Crippen LogP contribution in [0.25, 0.3) is 0 Å². The van der Waals surface area contributed by atoms with E-state index in [9.17, 15) is 4.79 Å². The number of quaternary nitrogens is 1. The van der Waals surface area contributed by atoms with Gasteiger partial charge >= 0.3 is 11.9 Å². The summed E-state index contributed by atoms with van der Waals surface area (Å²) in [7, 11) is 0. The molecule has 1 atom stereocenters. The average Bonchev–Trinajstić information content (AvgIpc) is 3.34. The molecule has 0 bridgehead atoms. The minimum atomic E-state index is -0.405. The third kappa shape index (κ3) is 3.38. The van der Waals surface area contributed by atoms with Crippen LogP contribution in [-0.2, 0) is 16.6 Å². The van der Waals surface area contributed by atoms with Crippen LogP contribution < -0.4 is 10.6 Å². The standard InChI is InChI=1S/C24H29N7O2/c1-23(2)7-3-4-17-14-18(5-6-19(17)23)27-21-28-20-15-25-10-13-31(20,29-21)30-11-8-24(9-12-30)16-26-22(32)33-24/h5-6,10,13-15H,3-4,7-9,11-12,16H2,1-2H3,(H-,26,27,29,32)/p+1. The Balaban J connectivity index is 1.24. The number of alkyl carbamates (subject to hydrolysis) is 1. The summed E-state index contributed by atoms with van der Waals surface area (Å²) in [5.74, 6) is 1.34. The van der Waals surface area contributed by atoms with E-state index in [4.69, 9.17) is 14.8 Å². The van der Waals surface area contributed by atoms with Crippen LogP contribution in [0.3, 0.4) is 0 Å². The van der Waals surface area contributed by atoms with Crippen molar-refractivity contribution in [3.8, 4) is 0 Å². The lowest BCUT2D eigenvalue weighted by Gasteiger charge is -2.41. The Bertz CT molecular complexity index is 1130. The number of aryl methyl sites for hydroxylation is 1. The van der Waals surface area contributed by atoms with E-state index in [1.54, 1.807) is 12.4 Å². The molecule has 4 heterocycles. The van der Waals surface area contributed by atoms with E-state index in [0.717, 1.165) is 43.9 Å². The second kappa shape index (κ2) is 7.23. The normalized spacial score (nSPS) is 29.1. The number of anilines is 1. The third-order valence-electron chi connectivity index (χ3n) is 7.64. The Morgan fingerprint density at radius 2 is 2.06 bits per heavy atom. The Labute approximate surface area is 193 Å². The molecule has 4 aliphatic heterocycles. The largest absolute Gasteiger partial charge is 0.441 e. The zero-order chi connectivity index (χ0) is 22.7. The molecule has 2 fully saturated rings. The first-order valence-electron chi connectivity index (χ1n) is 11.8.